The van der Waals surface area contributed by atoms with Gasteiger partial charge in [0.05, 0.1) is 6.42 Å². The summed E-state index contributed by atoms with van der Waals surface area (Å²) in [5.41, 5.74) is 1.26. The number of amides is 1. The Hall–Kier alpha value is -2.24. The molecule has 1 aromatic carbocycles. The van der Waals surface area contributed by atoms with Crippen molar-refractivity contribution in [3.8, 4) is 11.5 Å². The number of aryl methyl sites for hydroxylation is 1. The standard InChI is InChI=1S/C12H12FN3O2/c1-7-3-8(5-9(13)4-7)12-15-10(16-18-12)6-11(17)14-2/h3-5H,6H2,1-2H3,(H,14,17). The van der Waals surface area contributed by atoms with Gasteiger partial charge >= 0.3 is 0 Å². The first-order chi connectivity index (χ1) is 8.58. The maximum absolute atomic E-state index is 13.2. The van der Waals surface area contributed by atoms with Crippen LogP contribution in [0.15, 0.2) is 22.7 Å². The molecule has 0 atom stereocenters. The van der Waals surface area contributed by atoms with E-state index in [1.165, 1.54) is 19.2 Å². The molecule has 0 saturated carbocycles. The first-order valence-electron chi connectivity index (χ1n) is 5.39. The third kappa shape index (κ3) is 2.71. The van der Waals surface area contributed by atoms with E-state index in [2.05, 4.69) is 15.5 Å². The summed E-state index contributed by atoms with van der Waals surface area (Å²) in [7, 11) is 1.53. The van der Waals surface area contributed by atoms with Gasteiger partial charge in [-0.2, -0.15) is 4.98 Å². The van der Waals surface area contributed by atoms with Gasteiger partial charge in [-0.1, -0.05) is 5.16 Å². The second-order valence-corrected chi connectivity index (χ2v) is 3.88. The zero-order valence-electron chi connectivity index (χ0n) is 10.0. The molecule has 5 nitrogen and oxygen atoms in total. The van der Waals surface area contributed by atoms with Crippen LogP contribution in [-0.2, 0) is 11.2 Å². The first kappa shape index (κ1) is 12.2. The molecule has 1 heterocycles. The van der Waals surface area contributed by atoms with Crippen LogP contribution >= 0.6 is 0 Å². The Kier molecular flexibility index (Phi) is 3.36. The van der Waals surface area contributed by atoms with Gasteiger partial charge in [0.25, 0.3) is 5.89 Å². The van der Waals surface area contributed by atoms with Gasteiger partial charge in [-0.25, -0.2) is 4.39 Å². The van der Waals surface area contributed by atoms with Crippen LogP contribution in [0.1, 0.15) is 11.4 Å². The Morgan fingerprint density at radius 2 is 2.22 bits per heavy atom. The van der Waals surface area contributed by atoms with Crippen molar-refractivity contribution in [1.82, 2.24) is 15.5 Å². The Labute approximate surface area is 103 Å². The predicted octanol–water partition coefficient (Wildman–Crippen LogP) is 1.47. The van der Waals surface area contributed by atoms with Crippen LogP contribution in [0.25, 0.3) is 11.5 Å². The predicted molar refractivity (Wildman–Crippen MR) is 62.2 cm³/mol. The number of aromatic nitrogens is 2. The van der Waals surface area contributed by atoms with E-state index in [9.17, 15) is 9.18 Å². The minimum absolute atomic E-state index is 0.0360. The molecule has 0 aliphatic heterocycles. The van der Waals surface area contributed by atoms with E-state index in [0.717, 1.165) is 5.56 Å². The van der Waals surface area contributed by atoms with E-state index < -0.39 is 0 Å². The summed E-state index contributed by atoms with van der Waals surface area (Å²) in [6.45, 7) is 1.77. The van der Waals surface area contributed by atoms with Gasteiger partial charge in [-0.05, 0) is 30.7 Å². The molecule has 2 rings (SSSR count). The molecule has 0 unspecified atom stereocenters. The fraction of sp³-hybridized carbons (Fsp3) is 0.250. The van der Waals surface area contributed by atoms with E-state index in [1.807, 2.05) is 0 Å². The molecule has 6 heteroatoms. The van der Waals surface area contributed by atoms with Crippen LogP contribution in [0.4, 0.5) is 4.39 Å². The maximum atomic E-state index is 13.2. The average Bonchev–Trinajstić information content (AvgIpc) is 2.76. The highest BCUT2D eigenvalue weighted by atomic mass is 19.1. The fourth-order valence-electron chi connectivity index (χ4n) is 1.53. The second-order valence-electron chi connectivity index (χ2n) is 3.88. The zero-order chi connectivity index (χ0) is 13.1. The molecule has 0 aliphatic carbocycles. The van der Waals surface area contributed by atoms with Gasteiger partial charge in [0, 0.05) is 12.6 Å². The number of nitrogens with zero attached hydrogens (tertiary/aromatic N) is 2. The summed E-state index contributed by atoms with van der Waals surface area (Å²) in [5.74, 6) is -0.100. The Bertz CT molecular complexity index is 560. The number of halogens is 1. The Morgan fingerprint density at radius 3 is 2.89 bits per heavy atom. The van der Waals surface area contributed by atoms with Crippen LogP contribution in [0.2, 0.25) is 0 Å². The van der Waals surface area contributed by atoms with E-state index >= 15 is 0 Å². The van der Waals surface area contributed by atoms with Gasteiger partial charge in [-0.15, -0.1) is 0 Å². The number of nitrogens with one attached hydrogen (secondary N) is 1. The van der Waals surface area contributed by atoms with E-state index in [4.69, 9.17) is 4.52 Å². The molecule has 1 amide bonds. The summed E-state index contributed by atoms with van der Waals surface area (Å²) in [6.07, 6.45) is 0.0360. The lowest BCUT2D eigenvalue weighted by molar-refractivity contribution is -0.120. The van der Waals surface area contributed by atoms with Gasteiger partial charge in [0.15, 0.2) is 5.82 Å². The van der Waals surface area contributed by atoms with Crippen molar-refractivity contribution >= 4 is 5.91 Å². The number of hydrogen-bond acceptors (Lipinski definition) is 4. The summed E-state index contributed by atoms with van der Waals surface area (Å²) < 4.78 is 18.2. The molecular weight excluding hydrogens is 237 g/mol. The highest BCUT2D eigenvalue weighted by Gasteiger charge is 2.12. The molecule has 0 radical (unpaired) electrons. The van der Waals surface area contributed by atoms with Crippen molar-refractivity contribution in [3.05, 3.63) is 35.4 Å². The van der Waals surface area contributed by atoms with Crippen molar-refractivity contribution in [3.63, 3.8) is 0 Å². The lowest BCUT2D eigenvalue weighted by Crippen LogP contribution is -2.20. The smallest absolute Gasteiger partial charge is 0.258 e. The number of carbonyl (C=O) groups excluding carboxylic acids is 1. The monoisotopic (exact) mass is 249 g/mol. The van der Waals surface area contributed by atoms with E-state index in [1.54, 1.807) is 13.0 Å². The summed E-state index contributed by atoms with van der Waals surface area (Å²) >= 11 is 0. The molecule has 18 heavy (non-hydrogen) atoms. The lowest BCUT2D eigenvalue weighted by Gasteiger charge is -1.97. The molecular formula is C12H12FN3O2. The first-order valence-corrected chi connectivity index (χ1v) is 5.39. The fourth-order valence-corrected chi connectivity index (χ4v) is 1.53. The van der Waals surface area contributed by atoms with Gasteiger partial charge in [-0.3, -0.25) is 4.79 Å². The molecule has 2 aromatic rings. The molecule has 0 bridgehead atoms. The van der Waals surface area contributed by atoms with Crippen molar-refractivity contribution in [2.75, 3.05) is 7.05 Å². The third-order valence-electron chi connectivity index (χ3n) is 2.35. The Balaban J connectivity index is 2.26. The van der Waals surface area contributed by atoms with Crippen LogP contribution in [-0.4, -0.2) is 23.1 Å². The minimum Gasteiger partial charge on any atom is -0.359 e. The van der Waals surface area contributed by atoms with Crippen molar-refractivity contribution in [1.29, 1.82) is 0 Å². The summed E-state index contributed by atoms with van der Waals surface area (Å²) in [6, 6.07) is 4.45. The van der Waals surface area contributed by atoms with Gasteiger partial charge in [0.2, 0.25) is 5.91 Å². The normalized spacial score (nSPS) is 10.4. The van der Waals surface area contributed by atoms with Crippen molar-refractivity contribution in [2.24, 2.45) is 0 Å². The van der Waals surface area contributed by atoms with E-state index in [0.29, 0.717) is 5.56 Å². The molecule has 1 aromatic heterocycles. The number of rotatable bonds is 3. The zero-order valence-corrected chi connectivity index (χ0v) is 10.0. The van der Waals surface area contributed by atoms with Gasteiger partial charge < -0.3 is 9.84 Å². The maximum Gasteiger partial charge on any atom is 0.258 e. The lowest BCUT2D eigenvalue weighted by atomic mass is 10.1. The van der Waals surface area contributed by atoms with Crippen molar-refractivity contribution < 1.29 is 13.7 Å². The largest absolute Gasteiger partial charge is 0.359 e. The highest BCUT2D eigenvalue weighted by molar-refractivity contribution is 5.77. The topological polar surface area (TPSA) is 68.0 Å². The highest BCUT2D eigenvalue weighted by Crippen LogP contribution is 2.20. The summed E-state index contributed by atoms with van der Waals surface area (Å²) in [4.78, 5) is 15.2. The number of hydrogen-bond donors (Lipinski definition) is 1. The van der Waals surface area contributed by atoms with Gasteiger partial charge in [0.1, 0.15) is 5.82 Å². The van der Waals surface area contributed by atoms with Crippen molar-refractivity contribution in [2.45, 2.75) is 13.3 Å². The molecule has 94 valence electrons. The van der Waals surface area contributed by atoms with Crippen LogP contribution < -0.4 is 5.32 Å². The Morgan fingerprint density at radius 1 is 1.44 bits per heavy atom. The average molecular weight is 249 g/mol. The molecule has 0 aliphatic rings. The van der Waals surface area contributed by atoms with Crippen LogP contribution in [0.3, 0.4) is 0 Å². The molecule has 1 N–H and O–H groups in total. The molecule has 0 spiro atoms. The number of benzene rings is 1. The number of likely N-dealkylation sites (N-methyl/N-ethyl adjacent to an activating group) is 1. The minimum atomic E-state index is -0.365. The van der Waals surface area contributed by atoms with Crippen LogP contribution in [0, 0.1) is 12.7 Å². The van der Waals surface area contributed by atoms with Crippen LogP contribution in [0.5, 0.6) is 0 Å². The number of carbonyl (C=O) groups is 1. The second kappa shape index (κ2) is 4.95. The summed E-state index contributed by atoms with van der Waals surface area (Å²) in [5, 5.41) is 6.13. The quantitative estimate of drug-likeness (QED) is 0.894. The molecule has 0 fully saturated rings. The van der Waals surface area contributed by atoms with E-state index in [-0.39, 0.29) is 29.9 Å². The molecule has 0 saturated heterocycles. The SMILES string of the molecule is CNC(=O)Cc1noc(-c2cc(C)cc(F)c2)n1. The third-order valence-corrected chi connectivity index (χ3v) is 2.35.